The highest BCUT2D eigenvalue weighted by molar-refractivity contribution is 7.10. The van der Waals surface area contributed by atoms with Gasteiger partial charge in [0, 0.05) is 11.1 Å². The molecule has 0 aliphatic carbocycles. The van der Waals surface area contributed by atoms with Crippen LogP contribution in [0.3, 0.4) is 0 Å². The van der Waals surface area contributed by atoms with E-state index in [1.807, 2.05) is 12.1 Å². The molecule has 90 valence electrons. The molecule has 1 N–H and O–H groups in total. The summed E-state index contributed by atoms with van der Waals surface area (Å²) in [5, 5.41) is 6.26. The molecular weight excluding hydrogens is 252 g/mol. The van der Waals surface area contributed by atoms with Gasteiger partial charge < -0.3 is 5.32 Å². The molecule has 2 aromatic rings. The summed E-state index contributed by atoms with van der Waals surface area (Å²) in [6, 6.07) is 5.96. The van der Waals surface area contributed by atoms with E-state index in [-0.39, 0.29) is 6.04 Å². The number of thiophene rings is 1. The maximum atomic E-state index is 6.23. The van der Waals surface area contributed by atoms with Crippen molar-refractivity contribution in [3.8, 4) is 0 Å². The van der Waals surface area contributed by atoms with E-state index in [9.17, 15) is 0 Å². The standard InChI is InChI=1S/C13H15ClN2S/c1-3-15-12(13-9(2)6-8-17-13)11-10(14)5-4-7-16-11/h4-8,12,15H,3H2,1-2H3. The van der Waals surface area contributed by atoms with Crippen molar-refractivity contribution in [1.82, 2.24) is 10.3 Å². The molecule has 2 rings (SSSR count). The molecule has 2 heterocycles. The molecule has 0 aliphatic rings. The van der Waals surface area contributed by atoms with Crippen LogP contribution in [-0.2, 0) is 0 Å². The molecule has 0 aliphatic heterocycles. The minimum absolute atomic E-state index is 0.0914. The second-order valence-electron chi connectivity index (χ2n) is 3.83. The van der Waals surface area contributed by atoms with Gasteiger partial charge in [0.25, 0.3) is 0 Å². The number of hydrogen-bond acceptors (Lipinski definition) is 3. The number of hydrogen-bond donors (Lipinski definition) is 1. The van der Waals surface area contributed by atoms with Crippen LogP contribution in [0, 0.1) is 6.92 Å². The van der Waals surface area contributed by atoms with Gasteiger partial charge in [-0.3, -0.25) is 4.98 Å². The van der Waals surface area contributed by atoms with Crippen molar-refractivity contribution >= 4 is 22.9 Å². The lowest BCUT2D eigenvalue weighted by Gasteiger charge is -2.18. The second-order valence-corrected chi connectivity index (χ2v) is 5.18. The van der Waals surface area contributed by atoms with E-state index >= 15 is 0 Å². The number of aryl methyl sites for hydroxylation is 1. The van der Waals surface area contributed by atoms with Crippen LogP contribution in [0.4, 0.5) is 0 Å². The van der Waals surface area contributed by atoms with Crippen LogP contribution in [0.2, 0.25) is 5.02 Å². The molecule has 2 nitrogen and oxygen atoms in total. The Kier molecular flexibility index (Phi) is 4.15. The van der Waals surface area contributed by atoms with Gasteiger partial charge in [-0.2, -0.15) is 0 Å². The van der Waals surface area contributed by atoms with Crippen LogP contribution in [0.5, 0.6) is 0 Å². The minimum atomic E-state index is 0.0914. The zero-order valence-electron chi connectivity index (χ0n) is 9.90. The fourth-order valence-electron chi connectivity index (χ4n) is 1.81. The van der Waals surface area contributed by atoms with Crippen molar-refractivity contribution < 1.29 is 0 Å². The van der Waals surface area contributed by atoms with Crippen LogP contribution in [0.1, 0.15) is 29.1 Å². The number of pyridine rings is 1. The predicted molar refractivity (Wildman–Crippen MR) is 73.8 cm³/mol. The van der Waals surface area contributed by atoms with E-state index in [2.05, 4.69) is 35.6 Å². The Morgan fingerprint density at radius 1 is 1.47 bits per heavy atom. The summed E-state index contributed by atoms with van der Waals surface area (Å²) in [6.07, 6.45) is 1.79. The molecular formula is C13H15ClN2S. The van der Waals surface area contributed by atoms with Crippen LogP contribution in [0.25, 0.3) is 0 Å². The average Bonchev–Trinajstić information content (AvgIpc) is 2.74. The van der Waals surface area contributed by atoms with Gasteiger partial charge in [-0.25, -0.2) is 0 Å². The van der Waals surface area contributed by atoms with Crippen molar-refractivity contribution in [3.63, 3.8) is 0 Å². The Morgan fingerprint density at radius 2 is 2.29 bits per heavy atom. The van der Waals surface area contributed by atoms with Gasteiger partial charge in [0.2, 0.25) is 0 Å². The van der Waals surface area contributed by atoms with Crippen LogP contribution < -0.4 is 5.32 Å². The SMILES string of the molecule is CCNC(c1ncccc1Cl)c1sccc1C. The quantitative estimate of drug-likeness (QED) is 0.910. The van der Waals surface area contributed by atoms with Gasteiger partial charge in [0.15, 0.2) is 0 Å². The van der Waals surface area contributed by atoms with Gasteiger partial charge in [-0.05, 0) is 42.6 Å². The normalized spacial score (nSPS) is 12.6. The van der Waals surface area contributed by atoms with E-state index in [1.165, 1.54) is 10.4 Å². The van der Waals surface area contributed by atoms with Crippen molar-refractivity contribution in [2.75, 3.05) is 6.54 Å². The molecule has 0 amide bonds. The van der Waals surface area contributed by atoms with E-state index in [0.717, 1.165) is 12.2 Å². The molecule has 0 saturated carbocycles. The third-order valence-corrected chi connectivity index (χ3v) is 4.04. The number of rotatable bonds is 4. The van der Waals surface area contributed by atoms with E-state index in [0.29, 0.717) is 5.02 Å². The predicted octanol–water partition coefficient (Wildman–Crippen LogP) is 3.80. The Hall–Kier alpha value is -0.900. The zero-order chi connectivity index (χ0) is 12.3. The summed E-state index contributed by atoms with van der Waals surface area (Å²) in [4.78, 5) is 5.69. The number of halogens is 1. The lowest BCUT2D eigenvalue weighted by molar-refractivity contribution is 0.622. The number of nitrogens with zero attached hydrogens (tertiary/aromatic N) is 1. The van der Waals surface area contributed by atoms with Gasteiger partial charge in [-0.15, -0.1) is 11.3 Å². The summed E-state index contributed by atoms with van der Waals surface area (Å²) in [6.45, 7) is 5.09. The highest BCUT2D eigenvalue weighted by atomic mass is 35.5. The largest absolute Gasteiger partial charge is 0.305 e. The average molecular weight is 267 g/mol. The summed E-state index contributed by atoms with van der Waals surface area (Å²) in [5.41, 5.74) is 2.18. The fourth-order valence-corrected chi connectivity index (χ4v) is 3.04. The molecule has 1 unspecified atom stereocenters. The molecule has 0 aromatic carbocycles. The summed E-state index contributed by atoms with van der Waals surface area (Å²) >= 11 is 7.97. The Morgan fingerprint density at radius 3 is 2.88 bits per heavy atom. The number of aromatic nitrogens is 1. The van der Waals surface area contributed by atoms with E-state index < -0.39 is 0 Å². The summed E-state index contributed by atoms with van der Waals surface area (Å²) in [7, 11) is 0. The van der Waals surface area contributed by atoms with Gasteiger partial charge in [-0.1, -0.05) is 18.5 Å². The first kappa shape index (κ1) is 12.6. The van der Waals surface area contributed by atoms with Crippen molar-refractivity contribution in [1.29, 1.82) is 0 Å². The van der Waals surface area contributed by atoms with Crippen LogP contribution >= 0.6 is 22.9 Å². The first-order valence-electron chi connectivity index (χ1n) is 5.61. The lowest BCUT2D eigenvalue weighted by atomic mass is 10.1. The molecule has 0 spiro atoms. The Balaban J connectivity index is 2.43. The molecule has 0 radical (unpaired) electrons. The molecule has 0 saturated heterocycles. The summed E-state index contributed by atoms with van der Waals surface area (Å²) < 4.78 is 0. The van der Waals surface area contributed by atoms with Gasteiger partial charge in [0.05, 0.1) is 16.8 Å². The van der Waals surface area contributed by atoms with E-state index in [1.54, 1.807) is 17.5 Å². The number of nitrogens with one attached hydrogen (secondary N) is 1. The Labute approximate surface area is 111 Å². The topological polar surface area (TPSA) is 24.9 Å². The summed E-state index contributed by atoms with van der Waals surface area (Å²) in [5.74, 6) is 0. The zero-order valence-corrected chi connectivity index (χ0v) is 11.5. The van der Waals surface area contributed by atoms with Crippen molar-refractivity contribution in [3.05, 3.63) is 50.9 Å². The molecule has 1 atom stereocenters. The lowest BCUT2D eigenvalue weighted by Crippen LogP contribution is -2.23. The molecule has 4 heteroatoms. The molecule has 0 fully saturated rings. The van der Waals surface area contributed by atoms with Crippen LogP contribution in [-0.4, -0.2) is 11.5 Å². The molecule has 17 heavy (non-hydrogen) atoms. The third-order valence-electron chi connectivity index (χ3n) is 2.63. The maximum absolute atomic E-state index is 6.23. The maximum Gasteiger partial charge on any atom is 0.0862 e. The Bertz CT molecular complexity index is 496. The van der Waals surface area contributed by atoms with Gasteiger partial charge >= 0.3 is 0 Å². The molecule has 0 bridgehead atoms. The van der Waals surface area contributed by atoms with Crippen molar-refractivity contribution in [2.45, 2.75) is 19.9 Å². The first-order chi connectivity index (χ1) is 8.24. The van der Waals surface area contributed by atoms with Gasteiger partial charge in [0.1, 0.15) is 0 Å². The molecule has 2 aromatic heterocycles. The van der Waals surface area contributed by atoms with Crippen molar-refractivity contribution in [2.24, 2.45) is 0 Å². The smallest absolute Gasteiger partial charge is 0.0862 e. The highest BCUT2D eigenvalue weighted by Gasteiger charge is 2.19. The minimum Gasteiger partial charge on any atom is -0.305 e. The van der Waals surface area contributed by atoms with E-state index in [4.69, 9.17) is 11.6 Å². The second kappa shape index (κ2) is 5.63. The fraction of sp³-hybridized carbons (Fsp3) is 0.308. The first-order valence-corrected chi connectivity index (χ1v) is 6.87. The van der Waals surface area contributed by atoms with Crippen LogP contribution in [0.15, 0.2) is 29.8 Å². The monoisotopic (exact) mass is 266 g/mol. The highest BCUT2D eigenvalue weighted by Crippen LogP contribution is 2.31. The third kappa shape index (κ3) is 2.68.